The van der Waals surface area contributed by atoms with Crippen LogP contribution in [-0.2, 0) is 18.7 Å². The second kappa shape index (κ2) is 7.91. The van der Waals surface area contributed by atoms with Gasteiger partial charge in [0.2, 0.25) is 0 Å². The van der Waals surface area contributed by atoms with E-state index < -0.39 is 11.4 Å². The van der Waals surface area contributed by atoms with Crippen molar-refractivity contribution in [2.24, 2.45) is 0 Å². The van der Waals surface area contributed by atoms with Crippen molar-refractivity contribution >= 4 is 32.8 Å². The van der Waals surface area contributed by atoms with Crippen LogP contribution < -0.4 is 10.9 Å². The summed E-state index contributed by atoms with van der Waals surface area (Å²) < 4.78 is 21.3. The van der Waals surface area contributed by atoms with Crippen LogP contribution in [0.15, 0.2) is 41.3 Å². The molecule has 170 valence electrons. The summed E-state index contributed by atoms with van der Waals surface area (Å²) in [4.78, 5) is 18.6. The van der Waals surface area contributed by atoms with Crippen molar-refractivity contribution in [3.05, 3.63) is 63.8 Å². The molecular weight excluding hydrogens is 443 g/mol. The quantitative estimate of drug-likeness (QED) is 0.464. The molecule has 0 aliphatic carbocycles. The number of benzene rings is 1. The molecule has 4 aromatic rings. The number of aromatic nitrogens is 4. The summed E-state index contributed by atoms with van der Waals surface area (Å²) in [6, 6.07) is 9.58. The van der Waals surface area contributed by atoms with Crippen molar-refractivity contribution in [2.45, 2.75) is 37.6 Å². The first-order valence-corrected chi connectivity index (χ1v) is 11.9. The van der Waals surface area contributed by atoms with E-state index in [9.17, 15) is 14.3 Å². The minimum Gasteiger partial charge on any atom is -0.382 e. The number of hydrogen-bond donors (Lipinski definition) is 2. The number of halogens is 1. The molecule has 0 bridgehead atoms. The monoisotopic (exact) mass is 466 g/mol. The largest absolute Gasteiger partial charge is 0.382 e. The normalized spacial score (nSPS) is 21.4. The molecule has 1 fully saturated rings. The Kier molecular flexibility index (Phi) is 4.98. The molecule has 3 aromatic heterocycles. The van der Waals surface area contributed by atoms with Crippen molar-refractivity contribution in [3.8, 4) is 0 Å². The predicted octanol–water partition coefficient (Wildman–Crippen LogP) is 2.00. The Hall–Kier alpha value is -2.79. The Morgan fingerprint density at radius 3 is 2.88 bits per heavy atom. The Labute approximate surface area is 192 Å². The number of aliphatic hydroxyl groups is 1. The van der Waals surface area contributed by atoms with E-state index >= 15 is 0 Å². The van der Waals surface area contributed by atoms with E-state index in [0.29, 0.717) is 17.1 Å². The zero-order valence-corrected chi connectivity index (χ0v) is 18.7. The molecule has 2 aliphatic heterocycles. The number of piperidine rings is 1. The average molecular weight is 467 g/mol. The maximum atomic E-state index is 14.8. The third kappa shape index (κ3) is 3.63. The Bertz CT molecular complexity index is 1410. The summed E-state index contributed by atoms with van der Waals surface area (Å²) in [6.45, 7) is 2.69. The molecule has 0 spiro atoms. The van der Waals surface area contributed by atoms with Gasteiger partial charge in [-0.2, -0.15) is 0 Å². The van der Waals surface area contributed by atoms with E-state index in [-0.39, 0.29) is 24.2 Å². The number of hydrogen-bond acceptors (Lipinski definition) is 8. The lowest BCUT2D eigenvalue weighted by atomic mass is 9.93. The van der Waals surface area contributed by atoms with Crippen molar-refractivity contribution in [2.75, 3.05) is 19.6 Å². The molecule has 5 heterocycles. The number of likely N-dealkylation sites (tertiary alicyclic amines) is 1. The highest BCUT2D eigenvalue weighted by Crippen LogP contribution is 2.38. The summed E-state index contributed by atoms with van der Waals surface area (Å²) in [7, 11) is 0. The van der Waals surface area contributed by atoms with Gasteiger partial charge in [0, 0.05) is 25.2 Å². The zero-order valence-electron chi connectivity index (χ0n) is 17.9. The summed E-state index contributed by atoms with van der Waals surface area (Å²) in [5.74, 6) is -0.563. The molecule has 2 aliphatic rings. The third-order valence-corrected chi connectivity index (χ3v) is 7.51. The highest BCUT2D eigenvalue weighted by atomic mass is 32.1. The van der Waals surface area contributed by atoms with Gasteiger partial charge in [-0.15, -0.1) is 5.10 Å². The summed E-state index contributed by atoms with van der Waals surface area (Å²) >= 11 is 1.40. The van der Waals surface area contributed by atoms with E-state index in [2.05, 4.69) is 36.9 Å². The van der Waals surface area contributed by atoms with Gasteiger partial charge in [0.1, 0.15) is 16.9 Å². The Morgan fingerprint density at radius 1 is 1.21 bits per heavy atom. The van der Waals surface area contributed by atoms with Crippen LogP contribution in [0.25, 0.3) is 21.3 Å². The van der Waals surface area contributed by atoms with Crippen molar-refractivity contribution in [1.29, 1.82) is 0 Å². The molecule has 33 heavy (non-hydrogen) atoms. The predicted molar refractivity (Wildman–Crippen MR) is 124 cm³/mol. The molecule has 1 aromatic carbocycles. The highest BCUT2D eigenvalue weighted by molar-refractivity contribution is 7.12. The fourth-order valence-corrected chi connectivity index (χ4v) is 5.79. The second-order valence-corrected chi connectivity index (χ2v) is 9.80. The van der Waals surface area contributed by atoms with Crippen LogP contribution in [0.1, 0.15) is 24.0 Å². The van der Waals surface area contributed by atoms with E-state index in [0.717, 1.165) is 48.9 Å². The molecule has 2 N–H and O–H groups in total. The van der Waals surface area contributed by atoms with Gasteiger partial charge in [0.25, 0.3) is 5.56 Å². The van der Waals surface area contributed by atoms with Crippen LogP contribution in [0.2, 0.25) is 0 Å². The average Bonchev–Trinajstić information content (AvgIpc) is 3.40. The van der Waals surface area contributed by atoms with Crippen LogP contribution >= 0.6 is 11.5 Å². The van der Waals surface area contributed by atoms with Crippen molar-refractivity contribution in [3.63, 3.8) is 0 Å². The van der Waals surface area contributed by atoms with Crippen LogP contribution in [0.5, 0.6) is 0 Å². The first kappa shape index (κ1) is 20.8. The number of fused-ring (bicyclic) bond motifs is 1. The maximum absolute atomic E-state index is 14.8. The SMILES string of the molecule is O=c1ccc2ncc(F)c3c2n1C[C@@]3(O)CN1CCC(NCc2ccc3nnsc3c2)CC1. The lowest BCUT2D eigenvalue weighted by Gasteiger charge is -2.37. The fourth-order valence-electron chi connectivity index (χ4n) is 5.17. The lowest BCUT2D eigenvalue weighted by molar-refractivity contribution is -0.0159. The molecule has 0 saturated carbocycles. The number of pyridine rings is 2. The summed E-state index contributed by atoms with van der Waals surface area (Å²) in [6.07, 6.45) is 3.00. The maximum Gasteiger partial charge on any atom is 0.251 e. The zero-order chi connectivity index (χ0) is 22.6. The van der Waals surface area contributed by atoms with Gasteiger partial charge in [0.05, 0.1) is 34.0 Å². The van der Waals surface area contributed by atoms with Gasteiger partial charge in [-0.3, -0.25) is 14.7 Å². The van der Waals surface area contributed by atoms with Crippen molar-refractivity contribution in [1.82, 2.24) is 29.4 Å². The Morgan fingerprint density at radius 2 is 2.03 bits per heavy atom. The lowest BCUT2D eigenvalue weighted by Crippen LogP contribution is -2.48. The number of rotatable bonds is 5. The third-order valence-electron chi connectivity index (χ3n) is 6.82. The van der Waals surface area contributed by atoms with Crippen LogP contribution in [0, 0.1) is 5.82 Å². The standard InChI is InChI=1S/C23H23FN6O2S/c24-16-11-26-18-3-4-20(31)30-13-23(32,21(16)22(18)30)12-29-7-5-15(6-8-29)25-10-14-1-2-17-19(9-14)33-28-27-17/h1-4,9,11,15,25,32H,5-8,10,12-13H2/t23-/m0/s1. The minimum absolute atomic E-state index is 0.0498. The fraction of sp³-hybridized carbons (Fsp3) is 0.391. The first-order valence-electron chi connectivity index (χ1n) is 11.1. The van der Waals surface area contributed by atoms with Crippen molar-refractivity contribution < 1.29 is 9.50 Å². The van der Waals surface area contributed by atoms with E-state index in [1.165, 1.54) is 27.7 Å². The van der Waals surface area contributed by atoms with E-state index in [1.54, 1.807) is 6.07 Å². The molecule has 0 radical (unpaired) electrons. The minimum atomic E-state index is -1.45. The molecule has 1 atom stereocenters. The smallest absolute Gasteiger partial charge is 0.251 e. The summed E-state index contributed by atoms with van der Waals surface area (Å²) in [5.41, 5.74) is 1.57. The van der Waals surface area contributed by atoms with Gasteiger partial charge < -0.3 is 15.0 Å². The van der Waals surface area contributed by atoms with E-state index in [1.807, 2.05) is 6.07 Å². The topological polar surface area (TPSA) is 96.2 Å². The second-order valence-electron chi connectivity index (χ2n) is 9.01. The number of nitrogens with one attached hydrogen (secondary N) is 1. The molecule has 8 nitrogen and oxygen atoms in total. The van der Waals surface area contributed by atoms with Gasteiger partial charge in [0.15, 0.2) is 0 Å². The van der Waals surface area contributed by atoms with Gasteiger partial charge >= 0.3 is 0 Å². The molecule has 1 saturated heterocycles. The molecule has 0 amide bonds. The van der Waals surface area contributed by atoms with Crippen LogP contribution in [0.4, 0.5) is 4.39 Å². The van der Waals surface area contributed by atoms with Gasteiger partial charge in [-0.1, -0.05) is 10.6 Å². The molecule has 10 heteroatoms. The molecule has 0 unspecified atom stereocenters. The van der Waals surface area contributed by atoms with E-state index in [4.69, 9.17) is 0 Å². The molecular formula is C23H23FN6O2S. The van der Waals surface area contributed by atoms with Crippen LogP contribution in [-0.4, -0.2) is 54.8 Å². The van der Waals surface area contributed by atoms with Gasteiger partial charge in [-0.05, 0) is 61.2 Å². The summed E-state index contributed by atoms with van der Waals surface area (Å²) in [5, 5.41) is 19.2. The Balaban J connectivity index is 1.11. The molecule has 6 rings (SSSR count). The highest BCUT2D eigenvalue weighted by Gasteiger charge is 2.43. The first-order chi connectivity index (χ1) is 16.0. The number of β-amino-alcohol motifs (C(OH)–C–C–N with tert-alkyl or cyclic N) is 1. The number of nitrogens with zero attached hydrogens (tertiary/aromatic N) is 5. The van der Waals surface area contributed by atoms with Gasteiger partial charge in [-0.25, -0.2) is 4.39 Å². The van der Waals surface area contributed by atoms with Crippen LogP contribution in [0.3, 0.4) is 0 Å².